The third kappa shape index (κ3) is 6.52. The zero-order valence-electron chi connectivity index (χ0n) is 17.3. The van der Waals surface area contributed by atoms with Crippen molar-refractivity contribution in [2.24, 2.45) is 0 Å². The van der Waals surface area contributed by atoms with Crippen LogP contribution in [0.15, 0.2) is 71.4 Å². The monoisotopic (exact) mass is 435 g/mol. The van der Waals surface area contributed by atoms with Gasteiger partial charge in [0.25, 0.3) is 11.8 Å². The number of thiophene rings is 1. The summed E-state index contributed by atoms with van der Waals surface area (Å²) in [4.78, 5) is 37.0. The second-order valence-corrected chi connectivity index (χ2v) is 7.85. The van der Waals surface area contributed by atoms with E-state index in [1.807, 2.05) is 42.6 Å². The fourth-order valence-electron chi connectivity index (χ4n) is 3.05. The molecular formula is C24H25N3O3S. The average Bonchev–Trinajstić information content (AvgIpc) is 3.32. The van der Waals surface area contributed by atoms with Crippen molar-refractivity contribution >= 4 is 34.7 Å². The predicted octanol–water partition coefficient (Wildman–Crippen LogP) is 4.39. The average molecular weight is 436 g/mol. The number of amides is 3. The number of hydrogen-bond acceptors (Lipinski definition) is 4. The van der Waals surface area contributed by atoms with Crippen LogP contribution < -0.4 is 16.0 Å². The van der Waals surface area contributed by atoms with Gasteiger partial charge in [0.2, 0.25) is 5.91 Å². The van der Waals surface area contributed by atoms with Crippen molar-refractivity contribution in [3.63, 3.8) is 0 Å². The lowest BCUT2D eigenvalue weighted by Gasteiger charge is -2.16. The van der Waals surface area contributed by atoms with Gasteiger partial charge in [-0.1, -0.05) is 42.5 Å². The van der Waals surface area contributed by atoms with E-state index >= 15 is 0 Å². The van der Waals surface area contributed by atoms with Crippen LogP contribution in [0.3, 0.4) is 0 Å². The van der Waals surface area contributed by atoms with E-state index in [2.05, 4.69) is 16.0 Å². The van der Waals surface area contributed by atoms with Gasteiger partial charge >= 0.3 is 0 Å². The Morgan fingerprint density at radius 1 is 0.935 bits per heavy atom. The van der Waals surface area contributed by atoms with Crippen molar-refractivity contribution in [2.75, 3.05) is 11.9 Å². The molecule has 0 saturated heterocycles. The molecule has 0 radical (unpaired) electrons. The molecule has 0 aliphatic carbocycles. The first kappa shape index (κ1) is 22.2. The summed E-state index contributed by atoms with van der Waals surface area (Å²) in [5.74, 6) is -0.604. The van der Waals surface area contributed by atoms with Gasteiger partial charge in [0.05, 0.1) is 17.3 Å². The number of nitrogens with one attached hydrogen (secondary N) is 3. The number of benzene rings is 2. The van der Waals surface area contributed by atoms with Crippen molar-refractivity contribution in [1.82, 2.24) is 10.6 Å². The molecule has 3 rings (SSSR count). The summed E-state index contributed by atoms with van der Waals surface area (Å²) in [7, 11) is 0. The summed E-state index contributed by atoms with van der Waals surface area (Å²) < 4.78 is 0. The zero-order chi connectivity index (χ0) is 22.1. The SMILES string of the molecule is CC(NC(=O)c1ccccc1NC(=O)CCCNC(=O)c1ccsc1)c1ccccc1. The Balaban J connectivity index is 1.50. The van der Waals surface area contributed by atoms with Crippen molar-refractivity contribution < 1.29 is 14.4 Å². The Morgan fingerprint density at radius 3 is 2.42 bits per heavy atom. The summed E-state index contributed by atoms with van der Waals surface area (Å²) in [6.45, 7) is 2.32. The molecule has 1 aromatic heterocycles. The van der Waals surface area contributed by atoms with Crippen LogP contribution in [0, 0.1) is 0 Å². The van der Waals surface area contributed by atoms with Crippen LogP contribution in [0.2, 0.25) is 0 Å². The first-order valence-electron chi connectivity index (χ1n) is 10.1. The molecule has 6 nitrogen and oxygen atoms in total. The Bertz CT molecular complexity index is 1020. The second kappa shape index (κ2) is 11.1. The van der Waals surface area contributed by atoms with E-state index < -0.39 is 0 Å². The number of carbonyl (C=O) groups is 3. The molecule has 3 N–H and O–H groups in total. The molecule has 31 heavy (non-hydrogen) atoms. The zero-order valence-corrected chi connectivity index (χ0v) is 18.1. The molecular weight excluding hydrogens is 410 g/mol. The van der Waals surface area contributed by atoms with Crippen LogP contribution in [-0.2, 0) is 4.79 Å². The lowest BCUT2D eigenvalue weighted by molar-refractivity contribution is -0.116. The summed E-state index contributed by atoms with van der Waals surface area (Å²) in [6, 6.07) is 18.2. The van der Waals surface area contributed by atoms with E-state index in [0.29, 0.717) is 29.8 Å². The van der Waals surface area contributed by atoms with E-state index in [9.17, 15) is 14.4 Å². The maximum Gasteiger partial charge on any atom is 0.253 e. The van der Waals surface area contributed by atoms with Crippen LogP contribution in [0.1, 0.15) is 52.1 Å². The first-order chi connectivity index (χ1) is 15.0. The Labute approximate surface area is 185 Å². The van der Waals surface area contributed by atoms with Gasteiger partial charge in [-0.15, -0.1) is 0 Å². The molecule has 0 aliphatic rings. The molecule has 7 heteroatoms. The van der Waals surface area contributed by atoms with E-state index in [4.69, 9.17) is 0 Å². The van der Waals surface area contributed by atoms with E-state index in [-0.39, 0.29) is 30.2 Å². The molecule has 0 bridgehead atoms. The highest BCUT2D eigenvalue weighted by atomic mass is 32.1. The highest BCUT2D eigenvalue weighted by molar-refractivity contribution is 7.08. The molecule has 0 saturated carbocycles. The molecule has 0 spiro atoms. The molecule has 3 amide bonds. The minimum absolute atomic E-state index is 0.142. The predicted molar refractivity (Wildman–Crippen MR) is 123 cm³/mol. The highest BCUT2D eigenvalue weighted by Crippen LogP contribution is 2.18. The molecule has 1 heterocycles. The highest BCUT2D eigenvalue weighted by Gasteiger charge is 2.16. The summed E-state index contributed by atoms with van der Waals surface area (Å²) >= 11 is 1.46. The van der Waals surface area contributed by atoms with E-state index in [1.165, 1.54) is 11.3 Å². The summed E-state index contributed by atoms with van der Waals surface area (Å²) in [5, 5.41) is 12.2. The molecule has 1 atom stereocenters. The minimum atomic E-state index is -0.254. The van der Waals surface area contributed by atoms with Gasteiger partial charge in [0.15, 0.2) is 0 Å². The van der Waals surface area contributed by atoms with Crippen LogP contribution in [-0.4, -0.2) is 24.3 Å². The van der Waals surface area contributed by atoms with E-state index in [0.717, 1.165) is 5.56 Å². The fraction of sp³-hybridized carbons (Fsp3) is 0.208. The van der Waals surface area contributed by atoms with Crippen LogP contribution >= 0.6 is 11.3 Å². The fourth-order valence-corrected chi connectivity index (χ4v) is 3.68. The van der Waals surface area contributed by atoms with Crippen LogP contribution in [0.5, 0.6) is 0 Å². The van der Waals surface area contributed by atoms with Crippen LogP contribution in [0.4, 0.5) is 5.69 Å². The van der Waals surface area contributed by atoms with Crippen molar-refractivity contribution in [3.05, 3.63) is 88.1 Å². The third-order valence-corrected chi connectivity index (χ3v) is 5.43. The smallest absolute Gasteiger partial charge is 0.253 e. The van der Waals surface area contributed by atoms with Crippen molar-refractivity contribution in [3.8, 4) is 0 Å². The third-order valence-electron chi connectivity index (χ3n) is 4.74. The number of anilines is 1. The van der Waals surface area contributed by atoms with Gasteiger partial charge in [0, 0.05) is 23.9 Å². The number of carbonyl (C=O) groups excluding carboxylic acids is 3. The summed E-state index contributed by atoms with van der Waals surface area (Å²) in [5.41, 5.74) is 2.50. The Morgan fingerprint density at radius 2 is 1.68 bits per heavy atom. The van der Waals surface area contributed by atoms with Crippen molar-refractivity contribution in [1.29, 1.82) is 0 Å². The summed E-state index contributed by atoms with van der Waals surface area (Å²) in [6.07, 6.45) is 0.738. The van der Waals surface area contributed by atoms with Gasteiger partial charge in [-0.2, -0.15) is 11.3 Å². The minimum Gasteiger partial charge on any atom is -0.352 e. The molecule has 1 unspecified atom stereocenters. The van der Waals surface area contributed by atoms with Gasteiger partial charge in [-0.25, -0.2) is 0 Å². The Hall–Kier alpha value is -3.45. The maximum atomic E-state index is 12.8. The molecule has 0 aliphatic heterocycles. The van der Waals surface area contributed by atoms with Crippen molar-refractivity contribution in [2.45, 2.75) is 25.8 Å². The van der Waals surface area contributed by atoms with Gasteiger partial charge in [-0.3, -0.25) is 14.4 Å². The molecule has 3 aromatic rings. The normalized spacial score (nSPS) is 11.4. The standard InChI is InChI=1S/C24H25N3O3S/c1-17(18-8-3-2-4-9-18)26-24(30)20-10-5-6-11-21(20)27-22(28)12-7-14-25-23(29)19-13-15-31-16-19/h2-6,8-11,13,15-17H,7,12,14H2,1H3,(H,25,29)(H,26,30)(H,27,28). The van der Waals surface area contributed by atoms with E-state index in [1.54, 1.807) is 35.7 Å². The van der Waals surface area contributed by atoms with Gasteiger partial charge in [-0.05, 0) is 42.5 Å². The number of para-hydroxylation sites is 1. The molecule has 2 aromatic carbocycles. The largest absolute Gasteiger partial charge is 0.352 e. The number of hydrogen-bond donors (Lipinski definition) is 3. The topological polar surface area (TPSA) is 87.3 Å². The van der Waals surface area contributed by atoms with Gasteiger partial charge < -0.3 is 16.0 Å². The Kier molecular flexibility index (Phi) is 7.95. The van der Waals surface area contributed by atoms with Crippen LogP contribution in [0.25, 0.3) is 0 Å². The second-order valence-electron chi connectivity index (χ2n) is 7.07. The molecule has 160 valence electrons. The quantitative estimate of drug-likeness (QED) is 0.436. The first-order valence-corrected chi connectivity index (χ1v) is 11.0. The number of rotatable bonds is 9. The molecule has 0 fully saturated rings. The lowest BCUT2D eigenvalue weighted by Crippen LogP contribution is -2.28. The lowest BCUT2D eigenvalue weighted by atomic mass is 10.1. The maximum absolute atomic E-state index is 12.8. The van der Waals surface area contributed by atoms with Gasteiger partial charge in [0.1, 0.15) is 0 Å².